The second kappa shape index (κ2) is 5.88. The van der Waals surface area contributed by atoms with Crippen molar-refractivity contribution in [2.45, 2.75) is 11.4 Å². The maximum Gasteiger partial charge on any atom is 0.265 e. The Balaban J connectivity index is 2.19. The van der Waals surface area contributed by atoms with E-state index in [9.17, 15) is 8.42 Å². The Morgan fingerprint density at radius 2 is 2.00 bits per heavy atom. The molecule has 6 nitrogen and oxygen atoms in total. The summed E-state index contributed by atoms with van der Waals surface area (Å²) in [6, 6.07) is 7.08. The number of nitrogens with two attached hydrogens (primary N) is 1. The van der Waals surface area contributed by atoms with E-state index in [4.69, 9.17) is 5.73 Å². The molecule has 0 radical (unpaired) electrons. The number of hydrogen-bond acceptors (Lipinski definition) is 4. The second-order valence-corrected chi connectivity index (χ2v) is 6.77. The van der Waals surface area contributed by atoms with Crippen molar-refractivity contribution in [1.82, 2.24) is 9.78 Å². The summed E-state index contributed by atoms with van der Waals surface area (Å²) >= 11 is 2.16. The fraction of sp³-hybridized carbons (Fsp3) is 0.182. The third-order valence-electron chi connectivity index (χ3n) is 2.37. The van der Waals surface area contributed by atoms with Crippen LogP contribution in [0.2, 0.25) is 0 Å². The Bertz CT molecular complexity index is 652. The lowest BCUT2D eigenvalue weighted by Crippen LogP contribution is -2.13. The highest BCUT2D eigenvalue weighted by Crippen LogP contribution is 2.16. The van der Waals surface area contributed by atoms with Crippen LogP contribution in [0.25, 0.3) is 0 Å². The van der Waals surface area contributed by atoms with Crippen molar-refractivity contribution in [3.63, 3.8) is 0 Å². The van der Waals surface area contributed by atoms with Gasteiger partial charge < -0.3 is 5.73 Å². The standard InChI is InChI=1S/C11H13IN4O2S/c12-9-1-3-10(4-2-9)15-19(17,18)11-7-14-16(8-11)6-5-13/h1-4,7-8,15H,5-6,13H2. The monoisotopic (exact) mass is 392 g/mol. The molecule has 2 rings (SSSR count). The van der Waals surface area contributed by atoms with Gasteiger partial charge in [-0.15, -0.1) is 0 Å². The molecule has 19 heavy (non-hydrogen) atoms. The van der Waals surface area contributed by atoms with Crippen LogP contribution in [0, 0.1) is 3.57 Å². The highest BCUT2D eigenvalue weighted by molar-refractivity contribution is 14.1. The molecule has 0 aliphatic rings. The Morgan fingerprint density at radius 3 is 2.63 bits per heavy atom. The van der Waals surface area contributed by atoms with Crippen molar-refractivity contribution >= 4 is 38.3 Å². The largest absolute Gasteiger partial charge is 0.329 e. The number of hydrogen-bond donors (Lipinski definition) is 2. The van der Waals surface area contributed by atoms with Crippen molar-refractivity contribution in [2.75, 3.05) is 11.3 Å². The normalized spacial score (nSPS) is 11.5. The summed E-state index contributed by atoms with van der Waals surface area (Å²) in [7, 11) is -3.60. The van der Waals surface area contributed by atoms with E-state index in [1.807, 2.05) is 12.1 Å². The summed E-state index contributed by atoms with van der Waals surface area (Å²) in [5.41, 5.74) is 5.91. The maximum atomic E-state index is 12.1. The van der Waals surface area contributed by atoms with Gasteiger partial charge in [-0.05, 0) is 46.9 Å². The minimum Gasteiger partial charge on any atom is -0.329 e. The third kappa shape index (κ3) is 3.67. The van der Waals surface area contributed by atoms with Gasteiger partial charge in [-0.25, -0.2) is 8.42 Å². The fourth-order valence-corrected chi connectivity index (χ4v) is 2.84. The van der Waals surface area contributed by atoms with Gasteiger partial charge in [0.25, 0.3) is 10.0 Å². The minimum atomic E-state index is -3.60. The molecular weight excluding hydrogens is 379 g/mol. The quantitative estimate of drug-likeness (QED) is 0.750. The molecule has 1 aromatic heterocycles. The highest BCUT2D eigenvalue weighted by Gasteiger charge is 2.16. The molecule has 0 bridgehead atoms. The van der Waals surface area contributed by atoms with Gasteiger partial charge in [-0.1, -0.05) is 0 Å². The number of aromatic nitrogens is 2. The summed E-state index contributed by atoms with van der Waals surface area (Å²) in [6.07, 6.45) is 2.77. The number of nitrogens with one attached hydrogen (secondary N) is 1. The molecule has 0 aliphatic heterocycles. The molecule has 0 unspecified atom stereocenters. The average Bonchev–Trinajstić information content (AvgIpc) is 2.82. The number of benzene rings is 1. The zero-order valence-electron chi connectivity index (χ0n) is 9.95. The first-order chi connectivity index (χ1) is 9.01. The van der Waals surface area contributed by atoms with Crippen molar-refractivity contribution < 1.29 is 8.42 Å². The molecule has 0 aliphatic carbocycles. The van der Waals surface area contributed by atoms with Crippen LogP contribution >= 0.6 is 22.6 Å². The molecule has 1 aromatic carbocycles. The van der Waals surface area contributed by atoms with Crippen LogP contribution in [0.1, 0.15) is 0 Å². The van der Waals surface area contributed by atoms with Crippen molar-refractivity contribution in [1.29, 1.82) is 0 Å². The van der Waals surface area contributed by atoms with Crippen molar-refractivity contribution in [2.24, 2.45) is 5.73 Å². The zero-order chi connectivity index (χ0) is 13.9. The van der Waals surface area contributed by atoms with Crippen LogP contribution in [-0.4, -0.2) is 24.7 Å². The number of sulfonamides is 1. The summed E-state index contributed by atoms with van der Waals surface area (Å²) in [6.45, 7) is 0.894. The lowest BCUT2D eigenvalue weighted by molar-refractivity contribution is 0.599. The van der Waals surface area contributed by atoms with E-state index >= 15 is 0 Å². The first-order valence-electron chi connectivity index (χ1n) is 5.52. The third-order valence-corrected chi connectivity index (χ3v) is 4.43. The highest BCUT2D eigenvalue weighted by atomic mass is 127. The van der Waals surface area contributed by atoms with Gasteiger partial charge in [0.05, 0.1) is 12.7 Å². The Morgan fingerprint density at radius 1 is 1.32 bits per heavy atom. The lowest BCUT2D eigenvalue weighted by Gasteiger charge is -2.05. The Labute approximate surface area is 125 Å². The van der Waals surface area contributed by atoms with E-state index in [0.29, 0.717) is 18.8 Å². The molecule has 2 aromatic rings. The zero-order valence-corrected chi connectivity index (χ0v) is 12.9. The van der Waals surface area contributed by atoms with Crippen LogP contribution in [0.4, 0.5) is 5.69 Å². The summed E-state index contributed by atoms with van der Waals surface area (Å²) in [5.74, 6) is 0. The topological polar surface area (TPSA) is 90.0 Å². The van der Waals surface area contributed by atoms with Crippen LogP contribution in [0.3, 0.4) is 0 Å². The number of nitrogens with zero attached hydrogens (tertiary/aromatic N) is 2. The minimum absolute atomic E-state index is 0.125. The van der Waals surface area contributed by atoms with E-state index in [-0.39, 0.29) is 4.90 Å². The molecule has 8 heteroatoms. The maximum absolute atomic E-state index is 12.1. The SMILES string of the molecule is NCCn1cc(S(=O)(=O)Nc2ccc(I)cc2)cn1. The van der Waals surface area contributed by atoms with Crippen molar-refractivity contribution in [3.05, 3.63) is 40.2 Å². The molecule has 1 heterocycles. The van der Waals surface area contributed by atoms with Gasteiger partial charge in [0, 0.05) is 22.0 Å². The average molecular weight is 392 g/mol. The molecule has 3 N–H and O–H groups in total. The van der Waals surface area contributed by atoms with Gasteiger partial charge in [0.2, 0.25) is 0 Å². The number of rotatable bonds is 5. The molecule has 0 amide bonds. The molecule has 0 spiro atoms. The summed E-state index contributed by atoms with van der Waals surface area (Å²) in [4.78, 5) is 0.125. The van der Waals surface area contributed by atoms with Crippen LogP contribution in [0.15, 0.2) is 41.6 Å². The van der Waals surface area contributed by atoms with Crippen LogP contribution in [0.5, 0.6) is 0 Å². The van der Waals surface area contributed by atoms with E-state index in [1.54, 1.807) is 12.1 Å². The molecule has 0 saturated carbocycles. The van der Waals surface area contributed by atoms with Gasteiger partial charge in [0.15, 0.2) is 0 Å². The number of halogens is 1. The smallest absolute Gasteiger partial charge is 0.265 e. The van der Waals surface area contributed by atoms with Gasteiger partial charge >= 0.3 is 0 Å². The van der Waals surface area contributed by atoms with Gasteiger partial charge in [-0.2, -0.15) is 5.10 Å². The number of anilines is 1. The van der Waals surface area contributed by atoms with E-state index in [2.05, 4.69) is 32.4 Å². The van der Waals surface area contributed by atoms with Gasteiger partial charge in [-0.3, -0.25) is 9.40 Å². The van der Waals surface area contributed by atoms with Crippen LogP contribution < -0.4 is 10.5 Å². The Kier molecular flexibility index (Phi) is 4.42. The van der Waals surface area contributed by atoms with E-state index in [0.717, 1.165) is 3.57 Å². The van der Waals surface area contributed by atoms with Gasteiger partial charge in [0.1, 0.15) is 4.90 Å². The molecular formula is C11H13IN4O2S. The fourth-order valence-electron chi connectivity index (χ4n) is 1.47. The summed E-state index contributed by atoms with van der Waals surface area (Å²) < 4.78 is 29.3. The first kappa shape index (κ1) is 14.3. The van der Waals surface area contributed by atoms with E-state index < -0.39 is 10.0 Å². The molecule has 102 valence electrons. The Hall–Kier alpha value is -1.13. The molecule has 0 fully saturated rings. The molecule has 0 saturated heterocycles. The van der Waals surface area contributed by atoms with Crippen molar-refractivity contribution in [3.8, 4) is 0 Å². The van der Waals surface area contributed by atoms with Crippen LogP contribution in [-0.2, 0) is 16.6 Å². The lowest BCUT2D eigenvalue weighted by atomic mass is 10.3. The summed E-state index contributed by atoms with van der Waals surface area (Å²) in [5, 5.41) is 3.94. The predicted molar refractivity (Wildman–Crippen MR) is 81.2 cm³/mol. The second-order valence-electron chi connectivity index (χ2n) is 3.84. The first-order valence-corrected chi connectivity index (χ1v) is 8.08. The van der Waals surface area contributed by atoms with E-state index in [1.165, 1.54) is 17.1 Å². The molecule has 0 atom stereocenters. The predicted octanol–water partition coefficient (Wildman–Crippen LogP) is 1.25.